The van der Waals surface area contributed by atoms with Crippen LogP contribution in [-0.2, 0) is 11.2 Å². The minimum Gasteiger partial charge on any atom is -0.496 e. The van der Waals surface area contributed by atoms with Gasteiger partial charge < -0.3 is 9.64 Å². The Morgan fingerprint density at radius 1 is 1.33 bits per heavy atom. The van der Waals surface area contributed by atoms with Crippen LogP contribution in [0.1, 0.15) is 47.3 Å². The second-order valence-corrected chi connectivity index (χ2v) is 6.84. The molecule has 1 saturated heterocycles. The molecular weight excluding hydrogens is 322 g/mol. The number of ketones is 1. The van der Waals surface area contributed by atoms with E-state index in [0.29, 0.717) is 11.3 Å². The summed E-state index contributed by atoms with van der Waals surface area (Å²) in [6.07, 6.45) is 2.29. The highest BCUT2D eigenvalue weighted by Crippen LogP contribution is 2.34. The largest absolute Gasteiger partial charge is 0.496 e. The van der Waals surface area contributed by atoms with E-state index >= 15 is 0 Å². The van der Waals surface area contributed by atoms with E-state index in [0.717, 1.165) is 24.9 Å². The third kappa shape index (κ3) is 3.36. The lowest BCUT2D eigenvalue weighted by atomic mass is 10.0. The van der Waals surface area contributed by atoms with E-state index in [1.54, 1.807) is 36.6 Å². The zero-order valence-corrected chi connectivity index (χ0v) is 14.8. The first-order valence-corrected chi connectivity index (χ1v) is 9.04. The zero-order chi connectivity index (χ0) is 17.1. The first kappa shape index (κ1) is 16.7. The fourth-order valence-electron chi connectivity index (χ4n) is 3.28. The molecule has 0 N–H and O–H groups in total. The highest BCUT2D eigenvalue weighted by atomic mass is 32.1. The molecule has 0 spiro atoms. The van der Waals surface area contributed by atoms with E-state index < -0.39 is 0 Å². The molecule has 126 valence electrons. The molecule has 0 bridgehead atoms. The third-order valence-electron chi connectivity index (χ3n) is 4.53. The summed E-state index contributed by atoms with van der Waals surface area (Å²) in [5.74, 6) is 0.728. The summed E-state index contributed by atoms with van der Waals surface area (Å²) >= 11 is 1.66. The fourth-order valence-corrected chi connectivity index (χ4v) is 3.98. The number of methoxy groups -OCH3 is 1. The molecule has 1 aromatic carbocycles. The van der Waals surface area contributed by atoms with Gasteiger partial charge in [-0.15, -0.1) is 0 Å². The molecule has 0 unspecified atom stereocenters. The summed E-state index contributed by atoms with van der Waals surface area (Å²) in [6, 6.07) is 7.54. The Kier molecular flexibility index (Phi) is 5.00. The van der Waals surface area contributed by atoms with Crippen LogP contribution in [0.4, 0.5) is 0 Å². The molecule has 4 nitrogen and oxygen atoms in total. The van der Waals surface area contributed by atoms with Crippen LogP contribution in [-0.4, -0.2) is 30.2 Å². The number of ether oxygens (including phenoxy) is 1. The lowest BCUT2D eigenvalue weighted by molar-refractivity contribution is -0.131. The highest BCUT2D eigenvalue weighted by molar-refractivity contribution is 7.08. The maximum Gasteiger partial charge on any atom is 0.227 e. The van der Waals surface area contributed by atoms with Crippen LogP contribution in [0.2, 0.25) is 0 Å². The van der Waals surface area contributed by atoms with E-state index in [1.165, 1.54) is 12.5 Å². The number of carbonyl (C=O) groups excluding carboxylic acids is 2. The molecule has 0 aliphatic carbocycles. The third-order valence-corrected chi connectivity index (χ3v) is 5.23. The molecule has 0 saturated carbocycles. The van der Waals surface area contributed by atoms with Crippen LogP contribution in [0.25, 0.3) is 0 Å². The Morgan fingerprint density at radius 3 is 2.83 bits per heavy atom. The fraction of sp³-hybridized carbons (Fsp3) is 0.368. The molecule has 3 rings (SSSR count). The molecule has 24 heavy (non-hydrogen) atoms. The van der Waals surface area contributed by atoms with Crippen molar-refractivity contribution in [3.05, 3.63) is 51.7 Å². The quantitative estimate of drug-likeness (QED) is 0.774. The molecule has 1 atom stereocenters. The van der Waals surface area contributed by atoms with Crippen molar-refractivity contribution in [1.82, 2.24) is 4.90 Å². The first-order chi connectivity index (χ1) is 11.6. The van der Waals surface area contributed by atoms with Crippen LogP contribution in [0.3, 0.4) is 0 Å². The average Bonchev–Trinajstić information content (AvgIpc) is 3.25. The van der Waals surface area contributed by atoms with Crippen molar-refractivity contribution in [2.24, 2.45) is 0 Å². The summed E-state index contributed by atoms with van der Waals surface area (Å²) < 4.78 is 5.36. The molecule has 0 radical (unpaired) electrons. The van der Waals surface area contributed by atoms with E-state index in [9.17, 15) is 9.59 Å². The number of hydrogen-bond donors (Lipinski definition) is 0. The van der Waals surface area contributed by atoms with Gasteiger partial charge in [-0.2, -0.15) is 11.3 Å². The van der Waals surface area contributed by atoms with E-state index in [1.807, 2.05) is 4.90 Å². The van der Waals surface area contributed by atoms with Gasteiger partial charge in [-0.25, -0.2) is 0 Å². The van der Waals surface area contributed by atoms with Crippen LogP contribution in [0.5, 0.6) is 5.75 Å². The van der Waals surface area contributed by atoms with Crippen molar-refractivity contribution in [1.29, 1.82) is 0 Å². The number of thiophene rings is 1. The maximum atomic E-state index is 12.9. The molecule has 1 aliphatic rings. The number of rotatable bonds is 5. The van der Waals surface area contributed by atoms with Gasteiger partial charge in [0, 0.05) is 17.7 Å². The highest BCUT2D eigenvalue weighted by Gasteiger charge is 2.30. The SMILES string of the molecule is COc1ccc(C(C)=O)cc1CC(=O)N1CCC[C@@H]1c1ccsc1. The monoisotopic (exact) mass is 343 g/mol. The molecule has 1 fully saturated rings. The molecular formula is C19H21NO3S. The summed E-state index contributed by atoms with van der Waals surface area (Å²) in [6.45, 7) is 2.31. The predicted molar refractivity (Wildman–Crippen MR) is 94.7 cm³/mol. The van der Waals surface area contributed by atoms with E-state index in [4.69, 9.17) is 4.74 Å². The molecule has 1 amide bonds. The lowest BCUT2D eigenvalue weighted by Gasteiger charge is -2.24. The molecule has 2 heterocycles. The molecule has 2 aromatic rings. The Labute approximate surface area is 146 Å². The summed E-state index contributed by atoms with van der Waals surface area (Å²) in [7, 11) is 1.58. The van der Waals surface area contributed by atoms with Crippen molar-refractivity contribution in [3.8, 4) is 5.75 Å². The standard InChI is InChI=1S/C19H21NO3S/c1-13(21)14-5-6-18(23-2)16(10-14)11-19(22)20-8-3-4-17(20)15-7-9-24-12-15/h5-7,9-10,12,17H,3-4,8,11H2,1-2H3/t17-/m1/s1. The second-order valence-electron chi connectivity index (χ2n) is 6.06. The zero-order valence-electron chi connectivity index (χ0n) is 14.0. The van der Waals surface area contributed by atoms with Gasteiger partial charge in [-0.05, 0) is 60.4 Å². The van der Waals surface area contributed by atoms with Crippen LogP contribution < -0.4 is 4.74 Å². The van der Waals surface area contributed by atoms with Crippen molar-refractivity contribution >= 4 is 23.0 Å². The number of hydrogen-bond acceptors (Lipinski definition) is 4. The van der Waals surface area contributed by atoms with E-state index in [2.05, 4.69) is 16.8 Å². The molecule has 5 heteroatoms. The first-order valence-electron chi connectivity index (χ1n) is 8.09. The van der Waals surface area contributed by atoms with E-state index in [-0.39, 0.29) is 24.2 Å². The van der Waals surface area contributed by atoms with Gasteiger partial charge in [0.05, 0.1) is 19.6 Å². The maximum absolute atomic E-state index is 12.9. The van der Waals surface area contributed by atoms with Crippen LogP contribution in [0, 0.1) is 0 Å². The summed E-state index contributed by atoms with van der Waals surface area (Å²) in [5, 5.41) is 4.17. The van der Waals surface area contributed by atoms with Gasteiger partial charge in [0.2, 0.25) is 5.91 Å². The smallest absolute Gasteiger partial charge is 0.227 e. The number of benzene rings is 1. The van der Waals surface area contributed by atoms with Crippen molar-refractivity contribution in [2.45, 2.75) is 32.2 Å². The van der Waals surface area contributed by atoms with Gasteiger partial charge >= 0.3 is 0 Å². The van der Waals surface area contributed by atoms with Crippen LogP contribution >= 0.6 is 11.3 Å². The summed E-state index contributed by atoms with van der Waals surface area (Å²) in [5.41, 5.74) is 2.59. The van der Waals surface area contributed by atoms with Crippen LogP contribution in [0.15, 0.2) is 35.0 Å². The van der Waals surface area contributed by atoms with Gasteiger partial charge in [0.15, 0.2) is 5.78 Å². The van der Waals surface area contributed by atoms with Crippen molar-refractivity contribution in [3.63, 3.8) is 0 Å². The lowest BCUT2D eigenvalue weighted by Crippen LogP contribution is -2.31. The second kappa shape index (κ2) is 7.18. The van der Waals surface area contributed by atoms with Crippen molar-refractivity contribution < 1.29 is 14.3 Å². The van der Waals surface area contributed by atoms with Gasteiger partial charge in [-0.3, -0.25) is 9.59 Å². The average molecular weight is 343 g/mol. The van der Waals surface area contributed by atoms with Crippen molar-refractivity contribution in [2.75, 3.05) is 13.7 Å². The Bertz CT molecular complexity index is 739. The number of nitrogens with zero attached hydrogens (tertiary/aromatic N) is 1. The van der Waals surface area contributed by atoms with Gasteiger partial charge in [0.1, 0.15) is 5.75 Å². The molecule has 1 aromatic heterocycles. The minimum absolute atomic E-state index is 0.0105. The van der Waals surface area contributed by atoms with Gasteiger partial charge in [-0.1, -0.05) is 0 Å². The number of likely N-dealkylation sites (tertiary alicyclic amines) is 1. The Hall–Kier alpha value is -2.14. The number of Topliss-reactive ketones (excluding diaryl/α,β-unsaturated/α-hetero) is 1. The molecule has 1 aliphatic heterocycles. The topological polar surface area (TPSA) is 46.6 Å². The predicted octanol–water partition coefficient (Wildman–Crippen LogP) is 3.87. The number of amides is 1. The minimum atomic E-state index is -0.0105. The Balaban J connectivity index is 1.81. The van der Waals surface area contributed by atoms with Gasteiger partial charge in [0.25, 0.3) is 0 Å². The normalized spacial score (nSPS) is 17.1. The number of carbonyl (C=O) groups is 2. The summed E-state index contributed by atoms with van der Waals surface area (Å²) in [4.78, 5) is 26.4. The Morgan fingerprint density at radius 2 is 2.17 bits per heavy atom.